The third-order valence-electron chi connectivity index (χ3n) is 4.33. The molecule has 0 aliphatic carbocycles. The van der Waals surface area contributed by atoms with Gasteiger partial charge in [-0.1, -0.05) is 103 Å². The minimum Gasteiger partial charge on any atom is -0.353 e. The molecule has 0 bridgehead atoms. The van der Waals surface area contributed by atoms with Crippen LogP contribution in [0.15, 0.2) is 0 Å². The normalized spacial score (nSPS) is 13.4. The Labute approximate surface area is 157 Å². The molecule has 0 radical (unpaired) electrons. The van der Waals surface area contributed by atoms with E-state index in [2.05, 4.69) is 6.92 Å². The Hall–Kier alpha value is 0.595. The van der Waals surface area contributed by atoms with E-state index in [1.165, 1.54) is 96.3 Å². The molecule has 0 aromatic rings. The van der Waals surface area contributed by atoms with Crippen LogP contribution in [-0.4, -0.2) is 19.1 Å². The van der Waals surface area contributed by atoms with Gasteiger partial charge in [-0.2, -0.15) is 0 Å². The van der Waals surface area contributed by atoms with E-state index in [0.717, 1.165) is 6.42 Å². The van der Waals surface area contributed by atoms with E-state index in [9.17, 15) is 4.89 Å². The van der Waals surface area contributed by atoms with Gasteiger partial charge in [-0.05, 0) is 18.2 Å². The summed E-state index contributed by atoms with van der Waals surface area (Å²) in [6.07, 6.45) is 19.5. The molecule has 1 unspecified atom stereocenters. The Morgan fingerprint density at radius 2 is 1.00 bits per heavy atom. The zero-order chi connectivity index (χ0) is 17.2. The summed E-state index contributed by atoms with van der Waals surface area (Å²) >= 11 is 4.84. The van der Waals surface area contributed by atoms with Gasteiger partial charge < -0.3 is 15.6 Å². The van der Waals surface area contributed by atoms with Crippen molar-refractivity contribution in [1.29, 1.82) is 0 Å². The lowest BCUT2D eigenvalue weighted by Gasteiger charge is -2.10. The van der Waals surface area contributed by atoms with Gasteiger partial charge in [0.1, 0.15) is 6.37 Å². The molecular formula is C18H43BNO2PS. The fraction of sp³-hybridized carbons (Fsp3) is 1.00. The van der Waals surface area contributed by atoms with Crippen molar-refractivity contribution in [1.82, 2.24) is 6.15 Å². The molecule has 6 heteroatoms. The Morgan fingerprint density at radius 1 is 0.708 bits per heavy atom. The second-order valence-electron chi connectivity index (χ2n) is 6.94. The fourth-order valence-electron chi connectivity index (χ4n) is 2.88. The van der Waals surface area contributed by atoms with E-state index in [0.29, 0.717) is 6.61 Å². The molecular weight excluding hydrogens is 336 g/mol. The molecule has 4 N–H and O–H groups in total. The smallest absolute Gasteiger partial charge is 0.214 e. The van der Waals surface area contributed by atoms with Crippen LogP contribution in [0.3, 0.4) is 0 Å². The Bertz CT molecular complexity index is 290. The molecule has 0 amide bonds. The molecule has 24 heavy (non-hydrogen) atoms. The predicted octanol–water partition coefficient (Wildman–Crippen LogP) is 6.28. The molecule has 0 aromatic heterocycles. The highest BCUT2D eigenvalue weighted by atomic mass is 32.4. The Kier molecular flexibility index (Phi) is 22.3. The molecule has 0 rings (SSSR count). The first kappa shape index (κ1) is 26.8. The summed E-state index contributed by atoms with van der Waals surface area (Å²) in [5.41, 5.74) is 0. The zero-order valence-electron chi connectivity index (χ0n) is 16.4. The Balaban J connectivity index is 0. The second-order valence-corrected chi connectivity index (χ2v) is 10.8. The monoisotopic (exact) mass is 379 g/mol. The lowest BCUT2D eigenvalue weighted by molar-refractivity contribution is 0.306. The first-order chi connectivity index (χ1) is 11.1. The number of hydrogen-bond acceptors (Lipinski definition) is 3. The molecule has 0 saturated carbocycles. The summed E-state index contributed by atoms with van der Waals surface area (Å²) < 4.78 is 5.23. The van der Waals surface area contributed by atoms with Crippen LogP contribution in [0.2, 0.25) is 0 Å². The average Bonchev–Trinajstić information content (AvgIpc) is 2.49. The summed E-state index contributed by atoms with van der Waals surface area (Å²) in [5, 5.41) is 0. The van der Waals surface area contributed by atoms with Crippen LogP contribution in [0.25, 0.3) is 0 Å². The summed E-state index contributed by atoms with van der Waals surface area (Å²) in [6, 6.07) is 0. The van der Waals surface area contributed by atoms with E-state index in [1.54, 1.807) is 7.57 Å². The van der Waals surface area contributed by atoms with Crippen molar-refractivity contribution in [3.05, 3.63) is 0 Å². The van der Waals surface area contributed by atoms with Gasteiger partial charge in [0.25, 0.3) is 0 Å². The second kappa shape index (κ2) is 19.9. The molecule has 3 nitrogen and oxygen atoms in total. The van der Waals surface area contributed by atoms with Gasteiger partial charge in [-0.3, -0.25) is 0 Å². The minimum absolute atomic E-state index is 0. The van der Waals surface area contributed by atoms with Crippen LogP contribution in [0.1, 0.15) is 110 Å². The van der Waals surface area contributed by atoms with Crippen LogP contribution >= 0.6 is 6.37 Å². The van der Waals surface area contributed by atoms with Gasteiger partial charge in [0.05, 0.1) is 6.61 Å². The van der Waals surface area contributed by atoms with E-state index in [-0.39, 0.29) is 6.15 Å². The molecule has 0 aliphatic heterocycles. The minimum atomic E-state index is -2.42. The maximum absolute atomic E-state index is 9.35. The molecule has 0 fully saturated rings. The number of hydrogen-bond donors (Lipinski definition) is 2. The molecule has 0 spiro atoms. The van der Waals surface area contributed by atoms with Crippen LogP contribution in [-0.2, 0) is 16.3 Å². The van der Waals surface area contributed by atoms with Crippen molar-refractivity contribution in [2.24, 2.45) is 0 Å². The van der Waals surface area contributed by atoms with Crippen molar-refractivity contribution in [3.8, 4) is 0 Å². The topological polar surface area (TPSA) is 64.5 Å². The number of rotatable bonds is 18. The summed E-state index contributed by atoms with van der Waals surface area (Å²) in [4.78, 5) is 9.35. The standard InChI is InChI=1S/C18H40BO2PS.H3N/c1-2-3-4-5-6-7-8-9-10-11-12-13-14-15-16-17-18-21-22(19,20)23;/h2-19H2,1H3,(H,20,23);1H3. The van der Waals surface area contributed by atoms with E-state index < -0.39 is 6.37 Å². The first-order valence-electron chi connectivity index (χ1n) is 10.0. The maximum Gasteiger partial charge on any atom is 0.214 e. The van der Waals surface area contributed by atoms with Crippen molar-refractivity contribution >= 4 is 25.7 Å². The van der Waals surface area contributed by atoms with Gasteiger partial charge in [0.15, 0.2) is 0 Å². The van der Waals surface area contributed by atoms with Crippen molar-refractivity contribution < 1.29 is 9.42 Å². The van der Waals surface area contributed by atoms with E-state index >= 15 is 0 Å². The summed E-state index contributed by atoms with van der Waals surface area (Å²) in [6.45, 7) is 2.91. The third-order valence-corrected chi connectivity index (χ3v) is 5.31. The highest BCUT2D eigenvalue weighted by Gasteiger charge is 2.02. The predicted molar refractivity (Wildman–Crippen MR) is 116 cm³/mol. The van der Waals surface area contributed by atoms with Gasteiger partial charge in [0.2, 0.25) is 7.57 Å². The highest BCUT2D eigenvalue weighted by Crippen LogP contribution is 2.35. The fourth-order valence-corrected chi connectivity index (χ4v) is 3.58. The third kappa shape index (κ3) is 24.8. The van der Waals surface area contributed by atoms with Gasteiger partial charge in [-0.15, -0.1) is 0 Å². The van der Waals surface area contributed by atoms with Crippen molar-refractivity contribution in [2.75, 3.05) is 6.61 Å². The SMILES string of the molecule is BP(O)(=S)OCCCCCCCCCCCCCCCCCC.N. The van der Waals surface area contributed by atoms with Gasteiger partial charge in [0, 0.05) is 0 Å². The van der Waals surface area contributed by atoms with Gasteiger partial charge >= 0.3 is 0 Å². The summed E-state index contributed by atoms with van der Waals surface area (Å²) in [5.74, 6) is 0. The first-order valence-corrected chi connectivity index (χ1v) is 13.1. The van der Waals surface area contributed by atoms with E-state index in [1.807, 2.05) is 0 Å². The number of unbranched alkanes of at least 4 members (excludes halogenated alkanes) is 15. The van der Waals surface area contributed by atoms with Crippen molar-refractivity contribution in [3.63, 3.8) is 0 Å². The quantitative estimate of drug-likeness (QED) is 0.167. The highest BCUT2D eigenvalue weighted by molar-refractivity contribution is 8.20. The molecule has 0 heterocycles. The largest absolute Gasteiger partial charge is 0.353 e. The molecule has 146 valence electrons. The van der Waals surface area contributed by atoms with Gasteiger partial charge in [-0.25, -0.2) is 0 Å². The van der Waals surface area contributed by atoms with Crippen LogP contribution in [0.4, 0.5) is 0 Å². The maximum atomic E-state index is 9.35. The zero-order valence-corrected chi connectivity index (χ0v) is 18.1. The lowest BCUT2D eigenvalue weighted by atomic mass is 10.0. The molecule has 0 aliphatic rings. The molecule has 0 saturated heterocycles. The average molecular weight is 379 g/mol. The Morgan fingerprint density at radius 3 is 1.29 bits per heavy atom. The summed E-state index contributed by atoms with van der Waals surface area (Å²) in [7, 11) is 1.62. The molecule has 0 aromatic carbocycles. The van der Waals surface area contributed by atoms with Crippen LogP contribution in [0, 0.1) is 0 Å². The lowest BCUT2D eigenvalue weighted by Crippen LogP contribution is -1.92. The van der Waals surface area contributed by atoms with Crippen molar-refractivity contribution in [2.45, 2.75) is 110 Å². The van der Waals surface area contributed by atoms with E-state index in [4.69, 9.17) is 16.3 Å². The van der Waals surface area contributed by atoms with Crippen LogP contribution < -0.4 is 6.15 Å². The van der Waals surface area contributed by atoms with Crippen LogP contribution in [0.5, 0.6) is 0 Å². The molecule has 1 atom stereocenters.